The standard InChI is InChI=1S/C7H9NO4/c8-6(7(11)12)3-1-4(9)5(10)2-3/h1-2,4,6,9-10H,8H2,(H,11,12)/t4?,6-/m0/s1. The highest BCUT2D eigenvalue weighted by Gasteiger charge is 2.23. The lowest BCUT2D eigenvalue weighted by atomic mass is 10.1. The Hall–Kier alpha value is -1.33. The predicted octanol–water partition coefficient (Wildman–Crippen LogP) is -0.859. The molecule has 0 saturated heterocycles. The van der Waals surface area contributed by atoms with Gasteiger partial charge in [-0.2, -0.15) is 0 Å². The Morgan fingerprint density at radius 1 is 1.67 bits per heavy atom. The highest BCUT2D eigenvalue weighted by Crippen LogP contribution is 2.17. The Morgan fingerprint density at radius 3 is 2.58 bits per heavy atom. The zero-order chi connectivity index (χ0) is 9.30. The quantitative estimate of drug-likeness (QED) is 0.433. The maximum Gasteiger partial charge on any atom is 0.325 e. The number of carboxylic acid groups (broad SMARTS) is 1. The van der Waals surface area contributed by atoms with Gasteiger partial charge in [0.25, 0.3) is 0 Å². The van der Waals surface area contributed by atoms with Crippen LogP contribution in [0.3, 0.4) is 0 Å². The summed E-state index contributed by atoms with van der Waals surface area (Å²) < 4.78 is 0. The molecule has 1 rings (SSSR count). The van der Waals surface area contributed by atoms with Gasteiger partial charge in [-0.15, -0.1) is 0 Å². The maximum absolute atomic E-state index is 10.3. The van der Waals surface area contributed by atoms with E-state index in [2.05, 4.69) is 0 Å². The van der Waals surface area contributed by atoms with E-state index in [0.717, 1.165) is 6.08 Å². The van der Waals surface area contributed by atoms with E-state index in [1.54, 1.807) is 0 Å². The second-order valence-electron chi connectivity index (χ2n) is 2.50. The van der Waals surface area contributed by atoms with E-state index in [-0.39, 0.29) is 11.3 Å². The van der Waals surface area contributed by atoms with Crippen molar-refractivity contribution in [1.29, 1.82) is 0 Å². The second kappa shape index (κ2) is 2.96. The van der Waals surface area contributed by atoms with Crippen LogP contribution < -0.4 is 5.73 Å². The highest BCUT2D eigenvalue weighted by atomic mass is 16.4. The number of carboxylic acids is 1. The van der Waals surface area contributed by atoms with Crippen LogP contribution in [-0.2, 0) is 4.79 Å². The topological polar surface area (TPSA) is 104 Å². The van der Waals surface area contributed by atoms with Crippen molar-refractivity contribution < 1.29 is 20.1 Å². The predicted molar refractivity (Wildman–Crippen MR) is 40.4 cm³/mol. The third kappa shape index (κ3) is 1.46. The molecule has 1 aliphatic rings. The number of rotatable bonds is 2. The van der Waals surface area contributed by atoms with Crippen molar-refractivity contribution in [2.24, 2.45) is 5.73 Å². The Bertz CT molecular complexity index is 269. The first-order valence-electron chi connectivity index (χ1n) is 3.31. The van der Waals surface area contributed by atoms with Crippen molar-refractivity contribution in [3.63, 3.8) is 0 Å². The summed E-state index contributed by atoms with van der Waals surface area (Å²) >= 11 is 0. The normalized spacial score (nSPS) is 24.7. The van der Waals surface area contributed by atoms with Crippen molar-refractivity contribution in [1.82, 2.24) is 0 Å². The Balaban J connectivity index is 2.80. The van der Waals surface area contributed by atoms with E-state index >= 15 is 0 Å². The molecule has 0 aromatic rings. The molecule has 5 nitrogen and oxygen atoms in total. The van der Waals surface area contributed by atoms with E-state index in [1.165, 1.54) is 6.08 Å². The Kier molecular flexibility index (Phi) is 2.16. The van der Waals surface area contributed by atoms with Crippen LogP contribution in [0.2, 0.25) is 0 Å². The van der Waals surface area contributed by atoms with Gasteiger partial charge in [-0.05, 0) is 17.7 Å². The minimum atomic E-state index is -1.20. The molecule has 0 fully saturated rings. The van der Waals surface area contributed by atoms with Gasteiger partial charge in [0.15, 0.2) is 0 Å². The van der Waals surface area contributed by atoms with Crippen LogP contribution in [0.5, 0.6) is 0 Å². The van der Waals surface area contributed by atoms with E-state index in [1.807, 2.05) is 0 Å². The molecule has 0 bridgehead atoms. The van der Waals surface area contributed by atoms with Crippen LogP contribution in [0.1, 0.15) is 0 Å². The summed E-state index contributed by atoms with van der Waals surface area (Å²) in [6.07, 6.45) is 1.24. The number of hydrogen-bond acceptors (Lipinski definition) is 4. The lowest BCUT2D eigenvalue weighted by Crippen LogP contribution is -2.31. The maximum atomic E-state index is 10.3. The van der Waals surface area contributed by atoms with Gasteiger partial charge in [0, 0.05) is 0 Å². The zero-order valence-corrected chi connectivity index (χ0v) is 6.14. The van der Waals surface area contributed by atoms with Gasteiger partial charge in [-0.3, -0.25) is 4.79 Å². The average molecular weight is 171 g/mol. The third-order valence-electron chi connectivity index (χ3n) is 1.59. The van der Waals surface area contributed by atoms with Crippen LogP contribution in [0.4, 0.5) is 0 Å². The summed E-state index contributed by atoms with van der Waals surface area (Å²) in [6.45, 7) is 0. The fourth-order valence-electron chi connectivity index (χ4n) is 0.908. The van der Waals surface area contributed by atoms with Crippen LogP contribution in [0.25, 0.3) is 0 Å². The third-order valence-corrected chi connectivity index (χ3v) is 1.59. The average Bonchev–Trinajstić information content (AvgIpc) is 2.30. The molecular weight excluding hydrogens is 162 g/mol. The van der Waals surface area contributed by atoms with Crippen LogP contribution in [-0.4, -0.2) is 33.4 Å². The van der Waals surface area contributed by atoms with Crippen molar-refractivity contribution in [3.05, 3.63) is 23.5 Å². The number of aliphatic hydroxyl groups excluding tert-OH is 2. The van der Waals surface area contributed by atoms with Gasteiger partial charge in [0.05, 0.1) is 0 Å². The lowest BCUT2D eigenvalue weighted by molar-refractivity contribution is -0.137. The zero-order valence-electron chi connectivity index (χ0n) is 6.14. The van der Waals surface area contributed by atoms with Crippen molar-refractivity contribution in [2.45, 2.75) is 12.1 Å². The first kappa shape index (κ1) is 8.76. The van der Waals surface area contributed by atoms with Crippen molar-refractivity contribution >= 4 is 5.97 Å². The SMILES string of the molecule is N[C@H](C(=O)O)C1=CC(O)C(O)=C1. The molecule has 1 unspecified atom stereocenters. The van der Waals surface area contributed by atoms with Gasteiger partial charge >= 0.3 is 5.97 Å². The first-order chi connectivity index (χ1) is 5.52. The molecule has 66 valence electrons. The monoisotopic (exact) mass is 171 g/mol. The minimum Gasteiger partial charge on any atom is -0.509 e. The lowest BCUT2D eigenvalue weighted by Gasteiger charge is -2.03. The van der Waals surface area contributed by atoms with Crippen LogP contribution in [0, 0.1) is 0 Å². The molecule has 0 radical (unpaired) electrons. The Labute approximate surface area is 68.4 Å². The van der Waals surface area contributed by atoms with E-state index < -0.39 is 18.1 Å². The van der Waals surface area contributed by atoms with Gasteiger partial charge in [0.2, 0.25) is 0 Å². The number of hydrogen-bond donors (Lipinski definition) is 4. The highest BCUT2D eigenvalue weighted by molar-refractivity contribution is 5.78. The summed E-state index contributed by atoms with van der Waals surface area (Å²) in [5.41, 5.74) is 5.43. The first-order valence-corrected chi connectivity index (χ1v) is 3.31. The molecule has 12 heavy (non-hydrogen) atoms. The largest absolute Gasteiger partial charge is 0.509 e. The molecule has 2 atom stereocenters. The summed E-state index contributed by atoms with van der Waals surface area (Å²) in [4.78, 5) is 10.3. The van der Waals surface area contributed by atoms with Crippen LogP contribution in [0.15, 0.2) is 23.5 Å². The number of aliphatic hydroxyl groups is 2. The summed E-state index contributed by atoms with van der Waals surface area (Å²) in [6, 6.07) is -1.19. The van der Waals surface area contributed by atoms with Crippen LogP contribution >= 0.6 is 0 Å². The number of nitrogens with two attached hydrogens (primary N) is 1. The molecule has 0 amide bonds. The van der Waals surface area contributed by atoms with Gasteiger partial charge in [-0.25, -0.2) is 0 Å². The molecule has 0 aromatic heterocycles. The molecule has 1 aliphatic carbocycles. The molecule has 0 aromatic carbocycles. The van der Waals surface area contributed by atoms with Crippen molar-refractivity contribution in [2.75, 3.05) is 0 Å². The summed E-state index contributed by atoms with van der Waals surface area (Å²) in [5, 5.41) is 26.3. The van der Waals surface area contributed by atoms with Gasteiger partial charge in [-0.1, -0.05) is 0 Å². The second-order valence-corrected chi connectivity index (χ2v) is 2.50. The molecular formula is C7H9NO4. The molecule has 0 heterocycles. The smallest absolute Gasteiger partial charge is 0.325 e. The fourth-order valence-corrected chi connectivity index (χ4v) is 0.908. The van der Waals surface area contributed by atoms with Gasteiger partial charge < -0.3 is 21.1 Å². The number of carbonyl (C=O) groups is 1. The molecule has 0 saturated carbocycles. The molecule has 5 heteroatoms. The summed E-state index contributed by atoms with van der Waals surface area (Å²) in [7, 11) is 0. The van der Waals surface area contributed by atoms with E-state index in [4.69, 9.17) is 21.1 Å². The summed E-state index contributed by atoms with van der Waals surface area (Å²) in [5.74, 6) is -1.47. The van der Waals surface area contributed by atoms with E-state index in [9.17, 15) is 4.79 Å². The minimum absolute atomic E-state index is 0.215. The van der Waals surface area contributed by atoms with E-state index in [0.29, 0.717) is 0 Å². The molecule has 0 aliphatic heterocycles. The van der Waals surface area contributed by atoms with Gasteiger partial charge in [0.1, 0.15) is 17.9 Å². The molecule has 0 spiro atoms. The fraction of sp³-hybridized carbons (Fsp3) is 0.286. The Morgan fingerprint density at radius 2 is 2.25 bits per heavy atom. The van der Waals surface area contributed by atoms with Crippen molar-refractivity contribution in [3.8, 4) is 0 Å². The molecule has 5 N–H and O–H groups in total. The number of aliphatic carboxylic acids is 1.